The third kappa shape index (κ3) is 4.91. The van der Waals surface area contributed by atoms with Crippen molar-refractivity contribution in [3.8, 4) is 0 Å². The van der Waals surface area contributed by atoms with Crippen molar-refractivity contribution in [2.24, 2.45) is 5.92 Å². The van der Waals surface area contributed by atoms with Crippen LogP contribution < -0.4 is 0 Å². The van der Waals surface area contributed by atoms with Crippen molar-refractivity contribution in [2.45, 2.75) is 20.3 Å². The molecule has 0 amide bonds. The van der Waals surface area contributed by atoms with Crippen LogP contribution in [0, 0.1) is 5.92 Å². The Hall–Kier alpha value is -0.670. The molecule has 0 spiro atoms. The van der Waals surface area contributed by atoms with Crippen molar-refractivity contribution in [3.05, 3.63) is 45.7 Å². The zero-order chi connectivity index (χ0) is 13.5. The van der Waals surface area contributed by atoms with Gasteiger partial charge in [-0.25, -0.2) is 0 Å². The summed E-state index contributed by atoms with van der Waals surface area (Å²) in [6.07, 6.45) is 6.75. The highest BCUT2D eigenvalue weighted by Crippen LogP contribution is 2.24. The van der Waals surface area contributed by atoms with Gasteiger partial charge in [-0.05, 0) is 30.4 Å². The van der Waals surface area contributed by atoms with Crippen LogP contribution in [0.15, 0.2) is 34.6 Å². The first-order valence-electron chi connectivity index (χ1n) is 5.99. The van der Waals surface area contributed by atoms with Crippen LogP contribution in [0.3, 0.4) is 0 Å². The fraction of sp³-hybridized carbons (Fsp3) is 0.400. The Morgan fingerprint density at radius 2 is 1.72 bits per heavy atom. The average molecular weight is 280 g/mol. The molecule has 98 valence electrons. The third-order valence-corrected chi connectivity index (χ3v) is 4.57. The van der Waals surface area contributed by atoms with Gasteiger partial charge < -0.3 is 0 Å². The van der Waals surface area contributed by atoms with Crippen molar-refractivity contribution in [1.29, 1.82) is 0 Å². The van der Waals surface area contributed by atoms with E-state index in [9.17, 15) is 4.79 Å². The molecule has 1 aromatic carbocycles. The lowest BCUT2D eigenvalue weighted by atomic mass is 10.0. The molecule has 0 unspecified atom stereocenters. The largest absolute Gasteiger partial charge is 0.289 e. The van der Waals surface area contributed by atoms with Gasteiger partial charge in [0, 0.05) is 15.9 Å². The quantitative estimate of drug-likeness (QED) is 0.558. The Kier molecular flexibility index (Phi) is 6.58. The Balaban J connectivity index is 2.79. The lowest BCUT2D eigenvalue weighted by molar-refractivity contribution is 0.104. The molecule has 0 aliphatic carbocycles. The maximum atomic E-state index is 12.0. The first kappa shape index (κ1) is 15.4. The van der Waals surface area contributed by atoms with E-state index in [1.807, 2.05) is 24.6 Å². The second-order valence-electron chi connectivity index (χ2n) is 4.53. The van der Waals surface area contributed by atoms with Gasteiger partial charge in [0.1, 0.15) is 0 Å². The Bertz CT molecular complexity index is 413. The zero-order valence-corrected chi connectivity index (χ0v) is 13.0. The van der Waals surface area contributed by atoms with Gasteiger partial charge in [-0.15, -0.1) is 23.5 Å². The third-order valence-electron chi connectivity index (χ3n) is 2.53. The molecule has 0 atom stereocenters. The number of hydrogen-bond acceptors (Lipinski definition) is 3. The van der Waals surface area contributed by atoms with E-state index in [1.165, 1.54) is 5.56 Å². The van der Waals surface area contributed by atoms with Crippen molar-refractivity contribution in [1.82, 2.24) is 0 Å². The lowest BCUT2D eigenvalue weighted by Crippen LogP contribution is -1.98. The van der Waals surface area contributed by atoms with E-state index in [0.717, 1.165) is 16.2 Å². The van der Waals surface area contributed by atoms with Crippen LogP contribution in [0.1, 0.15) is 29.8 Å². The number of thioether (sulfide) groups is 2. The number of carbonyl (C=O) groups is 1. The summed E-state index contributed by atoms with van der Waals surface area (Å²) in [4.78, 5) is 12.0. The molecule has 0 fully saturated rings. The van der Waals surface area contributed by atoms with E-state index in [1.54, 1.807) is 29.6 Å². The summed E-state index contributed by atoms with van der Waals surface area (Å²) in [7, 11) is 0. The number of allylic oxidation sites excluding steroid dienone is 1. The molecular formula is C15H20OS2. The first-order valence-corrected chi connectivity index (χ1v) is 8.44. The van der Waals surface area contributed by atoms with Crippen molar-refractivity contribution in [2.75, 3.05) is 12.5 Å². The lowest BCUT2D eigenvalue weighted by Gasteiger charge is -2.05. The Labute approximate surface area is 118 Å². The van der Waals surface area contributed by atoms with E-state index in [0.29, 0.717) is 5.92 Å². The summed E-state index contributed by atoms with van der Waals surface area (Å²) in [5, 5.41) is 0. The fourth-order valence-electron chi connectivity index (χ4n) is 1.67. The molecule has 0 radical (unpaired) electrons. The summed E-state index contributed by atoms with van der Waals surface area (Å²) in [6.45, 7) is 4.40. The molecule has 0 bridgehead atoms. The molecule has 0 saturated carbocycles. The smallest absolute Gasteiger partial charge is 0.187 e. The first-order chi connectivity index (χ1) is 8.56. The number of ketones is 1. The summed E-state index contributed by atoms with van der Waals surface area (Å²) < 4.78 is 1.05. The standard InChI is InChI=1S/C15H20OS2/c1-11(2)9-12-5-7-13(8-6-12)14(16)10-15(17-3)18-4/h5-8,10-11H,9H2,1-4H3. The molecule has 1 aromatic rings. The molecular weight excluding hydrogens is 260 g/mol. The number of rotatable bonds is 6. The highest BCUT2D eigenvalue weighted by Gasteiger charge is 2.05. The Morgan fingerprint density at radius 1 is 1.17 bits per heavy atom. The van der Waals surface area contributed by atoms with Crippen LogP contribution in [0.25, 0.3) is 0 Å². The van der Waals surface area contributed by atoms with Gasteiger partial charge in [0.2, 0.25) is 0 Å². The summed E-state index contributed by atoms with van der Waals surface area (Å²) in [5.74, 6) is 0.732. The van der Waals surface area contributed by atoms with E-state index in [-0.39, 0.29) is 5.78 Å². The summed E-state index contributed by atoms with van der Waals surface area (Å²) >= 11 is 3.22. The van der Waals surface area contributed by atoms with Crippen LogP contribution in [-0.2, 0) is 6.42 Å². The molecule has 3 heteroatoms. The van der Waals surface area contributed by atoms with Gasteiger partial charge in [-0.3, -0.25) is 4.79 Å². The van der Waals surface area contributed by atoms with E-state index in [2.05, 4.69) is 26.0 Å². The normalized spacial score (nSPS) is 10.5. The second kappa shape index (κ2) is 7.70. The SMILES string of the molecule is CSC(=CC(=O)c1ccc(CC(C)C)cc1)SC. The van der Waals surface area contributed by atoms with Crippen LogP contribution >= 0.6 is 23.5 Å². The highest BCUT2D eigenvalue weighted by molar-refractivity contribution is 8.21. The summed E-state index contributed by atoms with van der Waals surface area (Å²) in [5.41, 5.74) is 2.06. The molecule has 0 aromatic heterocycles. The summed E-state index contributed by atoms with van der Waals surface area (Å²) in [6, 6.07) is 7.96. The van der Waals surface area contributed by atoms with Gasteiger partial charge >= 0.3 is 0 Å². The Morgan fingerprint density at radius 3 is 2.17 bits per heavy atom. The molecule has 18 heavy (non-hydrogen) atoms. The number of hydrogen-bond donors (Lipinski definition) is 0. The minimum Gasteiger partial charge on any atom is -0.289 e. The second-order valence-corrected chi connectivity index (χ2v) is 6.49. The van der Waals surface area contributed by atoms with Gasteiger partial charge in [-0.1, -0.05) is 38.1 Å². The van der Waals surface area contributed by atoms with Crippen LogP contribution in [0.5, 0.6) is 0 Å². The molecule has 1 nitrogen and oxygen atoms in total. The minimum absolute atomic E-state index is 0.0878. The highest BCUT2D eigenvalue weighted by atomic mass is 32.2. The van der Waals surface area contributed by atoms with Gasteiger partial charge in [0.25, 0.3) is 0 Å². The van der Waals surface area contributed by atoms with Gasteiger partial charge in [0.05, 0.1) is 0 Å². The van der Waals surface area contributed by atoms with Crippen LogP contribution in [0.4, 0.5) is 0 Å². The fourth-order valence-corrected chi connectivity index (χ4v) is 2.78. The molecule has 0 aliphatic rings. The molecule has 1 rings (SSSR count). The van der Waals surface area contributed by atoms with Crippen molar-refractivity contribution in [3.63, 3.8) is 0 Å². The van der Waals surface area contributed by atoms with E-state index in [4.69, 9.17) is 0 Å². The molecule has 0 saturated heterocycles. The molecule has 0 N–H and O–H groups in total. The van der Waals surface area contributed by atoms with Gasteiger partial charge in [0.15, 0.2) is 5.78 Å². The van der Waals surface area contributed by atoms with E-state index >= 15 is 0 Å². The molecule has 0 heterocycles. The average Bonchev–Trinajstić information content (AvgIpc) is 2.35. The molecule has 0 aliphatic heterocycles. The number of benzene rings is 1. The topological polar surface area (TPSA) is 17.1 Å². The van der Waals surface area contributed by atoms with Crippen LogP contribution in [0.2, 0.25) is 0 Å². The van der Waals surface area contributed by atoms with Crippen LogP contribution in [-0.4, -0.2) is 18.3 Å². The minimum atomic E-state index is 0.0878. The van der Waals surface area contributed by atoms with E-state index < -0.39 is 0 Å². The van der Waals surface area contributed by atoms with Crippen molar-refractivity contribution >= 4 is 29.3 Å². The van der Waals surface area contributed by atoms with Crippen molar-refractivity contribution < 1.29 is 4.79 Å². The number of carbonyl (C=O) groups excluding carboxylic acids is 1. The predicted octanol–water partition coefficient (Wildman–Crippen LogP) is 4.64. The maximum absolute atomic E-state index is 12.0. The maximum Gasteiger partial charge on any atom is 0.187 e. The predicted molar refractivity (Wildman–Crippen MR) is 84.4 cm³/mol. The van der Waals surface area contributed by atoms with Gasteiger partial charge in [-0.2, -0.15) is 0 Å². The monoisotopic (exact) mass is 280 g/mol. The zero-order valence-electron chi connectivity index (χ0n) is 11.4.